The Kier molecular flexibility index (Phi) is 2.81. The van der Waals surface area contributed by atoms with Gasteiger partial charge in [0.1, 0.15) is 5.60 Å². The van der Waals surface area contributed by atoms with Crippen LogP contribution in [-0.2, 0) is 4.74 Å². The van der Waals surface area contributed by atoms with E-state index in [0.29, 0.717) is 24.0 Å². The molecule has 2 bridgehead atoms. The van der Waals surface area contributed by atoms with Crippen LogP contribution >= 0.6 is 0 Å². The van der Waals surface area contributed by atoms with E-state index in [1.807, 2.05) is 25.7 Å². The Morgan fingerprint density at radius 2 is 1.94 bits per heavy atom. The molecule has 3 saturated heterocycles. The first-order valence-corrected chi connectivity index (χ1v) is 7.22. The lowest BCUT2D eigenvalue weighted by Crippen LogP contribution is -2.48. The van der Waals surface area contributed by atoms with Gasteiger partial charge in [0.05, 0.1) is 6.04 Å². The first kappa shape index (κ1) is 12.3. The van der Waals surface area contributed by atoms with Gasteiger partial charge in [-0.15, -0.1) is 0 Å². The number of carbonyl (C=O) groups excluding carboxylic acids is 1. The van der Waals surface area contributed by atoms with Gasteiger partial charge >= 0.3 is 6.09 Å². The normalized spacial score (nSPS) is 38.7. The summed E-state index contributed by atoms with van der Waals surface area (Å²) in [5.41, 5.74) is -0.391. The zero-order valence-electron chi connectivity index (χ0n) is 11.6. The number of hydrogen-bond acceptors (Lipinski definition) is 3. The van der Waals surface area contributed by atoms with Gasteiger partial charge in [0, 0.05) is 12.1 Å². The molecule has 4 atom stereocenters. The predicted octanol–water partition coefficient (Wildman–Crippen LogP) is 2.14. The standard InChI is InChI=1S/C14H24N2O2/c1-14(2,3)18-13(17)16-10-6-7-11(16)12-9(10)5-4-8-15-12/h9-12,15H,4-8H2,1-3H3. The van der Waals surface area contributed by atoms with Crippen molar-refractivity contribution < 1.29 is 9.53 Å². The van der Waals surface area contributed by atoms with Crippen LogP contribution in [0, 0.1) is 5.92 Å². The van der Waals surface area contributed by atoms with Crippen molar-refractivity contribution in [2.75, 3.05) is 6.54 Å². The third-order valence-electron chi connectivity index (χ3n) is 4.54. The fourth-order valence-corrected chi connectivity index (χ4v) is 4.01. The van der Waals surface area contributed by atoms with Gasteiger partial charge in [-0.3, -0.25) is 0 Å². The number of nitrogens with one attached hydrogen (secondary N) is 1. The molecule has 4 heteroatoms. The lowest BCUT2D eigenvalue weighted by atomic mass is 9.79. The summed E-state index contributed by atoms with van der Waals surface area (Å²) in [6, 6.07) is 1.31. The number of nitrogens with zero attached hydrogens (tertiary/aromatic N) is 1. The number of amides is 1. The minimum absolute atomic E-state index is 0.105. The molecule has 0 aromatic rings. The van der Waals surface area contributed by atoms with Crippen LogP contribution in [0.4, 0.5) is 4.79 Å². The quantitative estimate of drug-likeness (QED) is 0.718. The third-order valence-corrected chi connectivity index (χ3v) is 4.54. The van der Waals surface area contributed by atoms with Crippen molar-refractivity contribution in [2.24, 2.45) is 5.92 Å². The lowest BCUT2D eigenvalue weighted by molar-refractivity contribution is 0.0202. The second-order valence-corrected chi connectivity index (χ2v) is 6.89. The highest BCUT2D eigenvalue weighted by molar-refractivity contribution is 5.70. The molecular formula is C14H24N2O2. The number of fused-ring (bicyclic) bond motifs is 5. The summed E-state index contributed by atoms with van der Waals surface area (Å²) in [7, 11) is 0. The fraction of sp³-hybridized carbons (Fsp3) is 0.929. The van der Waals surface area contributed by atoms with Crippen molar-refractivity contribution in [3.8, 4) is 0 Å². The number of piperidine rings is 1. The molecule has 3 heterocycles. The van der Waals surface area contributed by atoms with Crippen LogP contribution in [0.3, 0.4) is 0 Å². The fourth-order valence-electron chi connectivity index (χ4n) is 4.01. The molecule has 0 saturated carbocycles. The summed E-state index contributed by atoms with van der Waals surface area (Å²) in [6.45, 7) is 6.92. The van der Waals surface area contributed by atoms with Gasteiger partial charge in [0.25, 0.3) is 0 Å². The summed E-state index contributed by atoms with van der Waals surface area (Å²) in [5, 5.41) is 3.61. The smallest absolute Gasteiger partial charge is 0.410 e. The van der Waals surface area contributed by atoms with Crippen LogP contribution in [0.1, 0.15) is 46.5 Å². The van der Waals surface area contributed by atoms with E-state index in [0.717, 1.165) is 19.4 Å². The second kappa shape index (κ2) is 4.12. The molecule has 1 N–H and O–H groups in total. The predicted molar refractivity (Wildman–Crippen MR) is 69.4 cm³/mol. The molecule has 4 unspecified atom stereocenters. The average molecular weight is 252 g/mol. The largest absolute Gasteiger partial charge is 0.444 e. The van der Waals surface area contributed by atoms with Crippen LogP contribution in [-0.4, -0.2) is 41.3 Å². The minimum Gasteiger partial charge on any atom is -0.444 e. The maximum absolute atomic E-state index is 12.3. The number of rotatable bonds is 0. The maximum atomic E-state index is 12.3. The number of carbonyl (C=O) groups is 1. The molecule has 18 heavy (non-hydrogen) atoms. The number of ether oxygens (including phenoxy) is 1. The van der Waals surface area contributed by atoms with Crippen molar-refractivity contribution >= 4 is 6.09 Å². The van der Waals surface area contributed by atoms with Crippen LogP contribution < -0.4 is 5.32 Å². The van der Waals surface area contributed by atoms with Gasteiger partial charge in [0.2, 0.25) is 0 Å². The van der Waals surface area contributed by atoms with E-state index >= 15 is 0 Å². The SMILES string of the molecule is CC(C)(C)OC(=O)N1C2CCC1C1NCCCC12. The molecule has 1 amide bonds. The van der Waals surface area contributed by atoms with Crippen LogP contribution in [0.15, 0.2) is 0 Å². The molecule has 0 spiro atoms. The molecule has 0 aliphatic carbocycles. The van der Waals surface area contributed by atoms with E-state index in [4.69, 9.17) is 4.74 Å². The summed E-state index contributed by atoms with van der Waals surface area (Å²) >= 11 is 0. The Bertz CT molecular complexity index is 330. The molecule has 3 aliphatic heterocycles. The van der Waals surface area contributed by atoms with Crippen LogP contribution in [0.2, 0.25) is 0 Å². The van der Waals surface area contributed by atoms with Crippen molar-refractivity contribution in [3.63, 3.8) is 0 Å². The zero-order chi connectivity index (χ0) is 12.9. The summed E-state index contributed by atoms with van der Waals surface area (Å²) in [5.74, 6) is 0.657. The zero-order valence-corrected chi connectivity index (χ0v) is 11.6. The van der Waals surface area contributed by atoms with E-state index in [9.17, 15) is 4.79 Å². The second-order valence-electron chi connectivity index (χ2n) is 6.89. The van der Waals surface area contributed by atoms with E-state index in [2.05, 4.69) is 5.32 Å². The first-order valence-electron chi connectivity index (χ1n) is 7.22. The maximum Gasteiger partial charge on any atom is 0.410 e. The summed E-state index contributed by atoms with van der Waals surface area (Å²) < 4.78 is 5.57. The highest BCUT2D eigenvalue weighted by atomic mass is 16.6. The van der Waals surface area contributed by atoms with Crippen molar-refractivity contribution in [1.82, 2.24) is 10.2 Å². The van der Waals surface area contributed by atoms with Gasteiger partial charge in [-0.2, -0.15) is 0 Å². The molecule has 3 aliphatic rings. The molecule has 3 rings (SSSR count). The van der Waals surface area contributed by atoms with E-state index in [-0.39, 0.29) is 6.09 Å². The van der Waals surface area contributed by atoms with E-state index < -0.39 is 5.60 Å². The third kappa shape index (κ3) is 1.91. The minimum atomic E-state index is -0.391. The van der Waals surface area contributed by atoms with Crippen molar-refractivity contribution in [2.45, 2.75) is 70.2 Å². The van der Waals surface area contributed by atoms with Crippen molar-refractivity contribution in [1.29, 1.82) is 0 Å². The van der Waals surface area contributed by atoms with Crippen molar-refractivity contribution in [3.05, 3.63) is 0 Å². The Labute approximate surface area is 109 Å². The molecule has 102 valence electrons. The van der Waals surface area contributed by atoms with Gasteiger partial charge in [-0.1, -0.05) is 0 Å². The summed E-state index contributed by atoms with van der Waals surface area (Å²) in [4.78, 5) is 14.4. The Balaban J connectivity index is 1.76. The molecular weight excluding hydrogens is 228 g/mol. The van der Waals surface area contributed by atoms with Crippen LogP contribution in [0.5, 0.6) is 0 Å². The Hall–Kier alpha value is -0.770. The molecule has 0 radical (unpaired) electrons. The van der Waals surface area contributed by atoms with Gasteiger partial charge in [-0.05, 0) is 58.9 Å². The Morgan fingerprint density at radius 1 is 1.22 bits per heavy atom. The average Bonchev–Trinajstić information content (AvgIpc) is 2.83. The van der Waals surface area contributed by atoms with Gasteiger partial charge in [-0.25, -0.2) is 4.79 Å². The van der Waals surface area contributed by atoms with Crippen LogP contribution in [0.25, 0.3) is 0 Å². The highest BCUT2D eigenvalue weighted by Crippen LogP contribution is 2.45. The lowest BCUT2D eigenvalue weighted by Gasteiger charge is -2.33. The highest BCUT2D eigenvalue weighted by Gasteiger charge is 2.56. The monoisotopic (exact) mass is 252 g/mol. The van der Waals surface area contributed by atoms with E-state index in [1.54, 1.807) is 0 Å². The van der Waals surface area contributed by atoms with E-state index in [1.165, 1.54) is 12.8 Å². The van der Waals surface area contributed by atoms with Gasteiger partial charge < -0.3 is 15.0 Å². The topological polar surface area (TPSA) is 41.6 Å². The Morgan fingerprint density at radius 3 is 2.61 bits per heavy atom. The molecule has 4 nitrogen and oxygen atoms in total. The molecule has 0 aromatic carbocycles. The number of hydrogen-bond donors (Lipinski definition) is 1. The van der Waals surface area contributed by atoms with Gasteiger partial charge in [0.15, 0.2) is 0 Å². The molecule has 0 aromatic heterocycles. The molecule has 3 fully saturated rings. The first-order chi connectivity index (χ1) is 8.47. The summed E-state index contributed by atoms with van der Waals surface area (Å²) in [6.07, 6.45) is 4.70.